The van der Waals surface area contributed by atoms with Crippen molar-refractivity contribution in [3.8, 4) is 17.5 Å². The molecule has 318 valence electrons. The first-order chi connectivity index (χ1) is 29.9. The van der Waals surface area contributed by atoms with Crippen LogP contribution in [0.1, 0.15) is 94.1 Å². The minimum Gasteiger partial charge on any atom is -0.497 e. The lowest BCUT2D eigenvalue weighted by molar-refractivity contribution is -0.0403. The quantitative estimate of drug-likeness (QED) is 0.123. The molecule has 6 aliphatic heterocycles. The van der Waals surface area contributed by atoms with Gasteiger partial charge in [0, 0.05) is 40.8 Å². The van der Waals surface area contributed by atoms with Crippen molar-refractivity contribution in [1.29, 1.82) is 0 Å². The van der Waals surface area contributed by atoms with E-state index in [1.165, 1.54) is 19.3 Å². The zero-order chi connectivity index (χ0) is 41.7. The van der Waals surface area contributed by atoms with E-state index in [0.717, 1.165) is 113 Å². The summed E-state index contributed by atoms with van der Waals surface area (Å²) < 4.78 is 20.4. The van der Waals surface area contributed by atoms with Crippen LogP contribution in [0.5, 0.6) is 17.5 Å². The molecule has 0 spiro atoms. The molecule has 61 heavy (non-hydrogen) atoms. The van der Waals surface area contributed by atoms with Crippen molar-refractivity contribution in [2.45, 2.75) is 102 Å². The monoisotopic (exact) mass is 822 g/mol. The zero-order valence-electron chi connectivity index (χ0n) is 35.6. The number of ether oxygens (including phenoxy) is 3. The van der Waals surface area contributed by atoms with Crippen LogP contribution >= 0.6 is 0 Å². The topological polar surface area (TPSA) is 126 Å². The van der Waals surface area contributed by atoms with Crippen molar-refractivity contribution in [1.82, 2.24) is 30.0 Å². The normalized spacial score (nSPS) is 28.4. The molecule has 11 heteroatoms. The summed E-state index contributed by atoms with van der Waals surface area (Å²) in [7, 11) is 1.69. The van der Waals surface area contributed by atoms with Gasteiger partial charge in [-0.2, -0.15) is 0 Å². The first-order valence-electron chi connectivity index (χ1n) is 22.6. The fourth-order valence-corrected chi connectivity index (χ4v) is 11.6. The molecule has 2 N–H and O–H groups in total. The van der Waals surface area contributed by atoms with Crippen LogP contribution in [0.15, 0.2) is 85.2 Å². The SMILES string of the molecule is CC[C@H]1CCN2CCC1CC2[C@H](Oc1nnc(O[C@@H](c2ccnc3ccc(OC)cc23)C2CC3CCN2CC[C@]3(O)CC)c2ccccc12)c1ccnc2ccc(CO)cc12. The zero-order valence-corrected chi connectivity index (χ0v) is 35.6. The number of hydrogen-bond acceptors (Lipinski definition) is 11. The highest BCUT2D eigenvalue weighted by Crippen LogP contribution is 2.47. The van der Waals surface area contributed by atoms with E-state index in [1.54, 1.807) is 7.11 Å². The van der Waals surface area contributed by atoms with E-state index < -0.39 is 11.7 Å². The molecule has 0 aliphatic carbocycles. The summed E-state index contributed by atoms with van der Waals surface area (Å²) in [5.74, 6) is 3.14. The van der Waals surface area contributed by atoms with Gasteiger partial charge in [0.15, 0.2) is 0 Å². The second-order valence-corrected chi connectivity index (χ2v) is 18.0. The Morgan fingerprint density at radius 1 is 0.721 bits per heavy atom. The Balaban J connectivity index is 1.08. The lowest BCUT2D eigenvalue weighted by Crippen LogP contribution is -2.47. The third-order valence-electron chi connectivity index (χ3n) is 15.2. The van der Waals surface area contributed by atoms with E-state index in [0.29, 0.717) is 23.6 Å². The van der Waals surface area contributed by atoms with E-state index in [4.69, 9.17) is 34.4 Å². The van der Waals surface area contributed by atoms with Crippen LogP contribution in [0.25, 0.3) is 32.6 Å². The fourth-order valence-electron chi connectivity index (χ4n) is 11.6. The molecule has 12 rings (SSSR count). The van der Waals surface area contributed by atoms with E-state index in [1.807, 2.05) is 54.9 Å². The molecular formula is C50H58N6O5. The number of fused-ring (bicyclic) bond motifs is 11. The van der Waals surface area contributed by atoms with Gasteiger partial charge in [0.1, 0.15) is 18.0 Å². The average molecular weight is 823 g/mol. The smallest absolute Gasteiger partial charge is 0.242 e. The molecule has 10 atom stereocenters. The summed E-state index contributed by atoms with van der Waals surface area (Å²) in [4.78, 5) is 14.6. The molecular weight excluding hydrogens is 765 g/mol. The Hall–Kier alpha value is -4.94. The highest BCUT2D eigenvalue weighted by Gasteiger charge is 2.48. The van der Waals surface area contributed by atoms with Crippen LogP contribution in [0.2, 0.25) is 0 Å². The molecule has 6 fully saturated rings. The van der Waals surface area contributed by atoms with Crippen molar-refractivity contribution in [3.63, 3.8) is 0 Å². The molecule has 6 aromatic rings. The summed E-state index contributed by atoms with van der Waals surface area (Å²) in [6.45, 7) is 8.16. The molecule has 6 saturated heterocycles. The van der Waals surface area contributed by atoms with Gasteiger partial charge in [-0.15, -0.1) is 10.2 Å². The van der Waals surface area contributed by atoms with E-state index >= 15 is 0 Å². The van der Waals surface area contributed by atoms with Gasteiger partial charge in [-0.05, 0) is 142 Å². The number of methoxy groups -OCH3 is 1. The van der Waals surface area contributed by atoms with E-state index in [9.17, 15) is 10.2 Å². The second-order valence-electron chi connectivity index (χ2n) is 18.0. The molecule has 4 bridgehead atoms. The van der Waals surface area contributed by atoms with Crippen molar-refractivity contribution >= 4 is 32.6 Å². The molecule has 0 saturated carbocycles. The Morgan fingerprint density at radius 2 is 1.34 bits per heavy atom. The van der Waals surface area contributed by atoms with Gasteiger partial charge in [0.05, 0.1) is 53.2 Å². The van der Waals surface area contributed by atoms with Crippen molar-refractivity contribution in [2.24, 2.45) is 17.8 Å². The Kier molecular flexibility index (Phi) is 11.0. The largest absolute Gasteiger partial charge is 0.497 e. The maximum atomic E-state index is 11.9. The summed E-state index contributed by atoms with van der Waals surface area (Å²) in [5, 5.41) is 35.5. The van der Waals surface area contributed by atoms with E-state index in [2.05, 4.69) is 54.0 Å². The number of aliphatic hydroxyl groups is 2. The van der Waals surface area contributed by atoms with Gasteiger partial charge < -0.3 is 24.4 Å². The molecule has 6 aliphatic rings. The van der Waals surface area contributed by atoms with Gasteiger partial charge in [-0.1, -0.05) is 38.5 Å². The van der Waals surface area contributed by atoms with Crippen molar-refractivity contribution in [2.75, 3.05) is 33.3 Å². The van der Waals surface area contributed by atoms with Crippen molar-refractivity contribution in [3.05, 3.63) is 102 Å². The molecule has 11 nitrogen and oxygen atoms in total. The Morgan fingerprint density at radius 3 is 2.00 bits per heavy atom. The third-order valence-corrected chi connectivity index (χ3v) is 15.2. The predicted molar refractivity (Wildman–Crippen MR) is 237 cm³/mol. The summed E-state index contributed by atoms with van der Waals surface area (Å²) in [6.07, 6.45) is 10.8. The standard InChI is InChI=1S/C50H58N6O5/c1-4-32-16-22-55-23-17-33(32)27-44(55)46(36-14-20-51-42-12-10-31(30-57)26-40(36)42)60-48-38-8-6-7-9-39(38)49(54-53-48)61-47(37-15-21-52-43-13-11-35(59-3)29-41(37)43)45-28-34-18-24-56(45)25-19-50(34,58)5-2/h6-15,20-21,26,29,32-34,44-47,57-58H,4-5,16-19,22-25,27-28,30H2,1-3H3/t32-,33?,34?,44?,45?,46+,47-,50+/m0/s1. The number of rotatable bonds is 12. The van der Waals surface area contributed by atoms with Crippen LogP contribution in [0, 0.1) is 17.8 Å². The molecule has 9 heterocycles. The number of nitrogens with zero attached hydrogens (tertiary/aromatic N) is 6. The number of hydrogen-bond donors (Lipinski definition) is 2. The molecule has 3 aromatic carbocycles. The number of piperidine rings is 2. The van der Waals surface area contributed by atoms with Gasteiger partial charge in [-0.3, -0.25) is 19.8 Å². The van der Waals surface area contributed by atoms with E-state index in [-0.39, 0.29) is 30.7 Å². The lowest BCUT2D eigenvalue weighted by Gasteiger charge is -2.42. The minimum atomic E-state index is -0.704. The summed E-state index contributed by atoms with van der Waals surface area (Å²) in [6, 6.07) is 24.4. The van der Waals surface area contributed by atoms with Crippen LogP contribution in [0.3, 0.4) is 0 Å². The Labute approximate surface area is 358 Å². The van der Waals surface area contributed by atoms with Crippen LogP contribution < -0.4 is 14.2 Å². The minimum absolute atomic E-state index is 0.0209. The fraction of sp³-hybridized carbons (Fsp3) is 0.480. The van der Waals surface area contributed by atoms with Crippen LogP contribution in [0.4, 0.5) is 0 Å². The molecule has 0 radical (unpaired) electrons. The summed E-state index contributed by atoms with van der Waals surface area (Å²) >= 11 is 0. The summed E-state index contributed by atoms with van der Waals surface area (Å²) in [5.41, 5.74) is 3.91. The lowest BCUT2D eigenvalue weighted by atomic mass is 9.76. The third kappa shape index (κ3) is 7.37. The number of aliphatic hydroxyl groups excluding tert-OH is 1. The van der Waals surface area contributed by atoms with Crippen molar-refractivity contribution < 1.29 is 24.4 Å². The highest BCUT2D eigenvalue weighted by molar-refractivity contribution is 5.91. The average Bonchev–Trinajstić information content (AvgIpc) is 3.76. The van der Waals surface area contributed by atoms with Gasteiger partial charge in [0.25, 0.3) is 0 Å². The maximum absolute atomic E-state index is 11.9. The van der Waals surface area contributed by atoms with Crippen LogP contribution in [-0.2, 0) is 6.61 Å². The van der Waals surface area contributed by atoms with Crippen LogP contribution in [-0.4, -0.2) is 91.2 Å². The number of pyridine rings is 2. The van der Waals surface area contributed by atoms with Gasteiger partial charge >= 0.3 is 0 Å². The maximum Gasteiger partial charge on any atom is 0.242 e. The highest BCUT2D eigenvalue weighted by atomic mass is 16.5. The second kappa shape index (κ2) is 16.7. The molecule has 3 aromatic heterocycles. The molecule has 6 unspecified atom stereocenters. The molecule has 0 amide bonds. The number of benzene rings is 3. The predicted octanol–water partition coefficient (Wildman–Crippen LogP) is 8.60. The van der Waals surface area contributed by atoms with Gasteiger partial charge in [0.2, 0.25) is 11.8 Å². The number of aromatic nitrogens is 4. The van der Waals surface area contributed by atoms with Gasteiger partial charge in [-0.25, -0.2) is 0 Å². The first kappa shape index (κ1) is 40.2. The Bertz CT molecular complexity index is 2540. The first-order valence-corrected chi connectivity index (χ1v) is 22.6.